The van der Waals surface area contributed by atoms with Crippen LogP contribution >= 0.6 is 0 Å². The molecule has 5 aromatic rings. The molecule has 8 atom stereocenters. The number of anilines is 2. The maximum atomic E-state index is 15.1. The number of pyridine rings is 2. The van der Waals surface area contributed by atoms with Crippen LogP contribution in [0.5, 0.6) is 17.2 Å². The van der Waals surface area contributed by atoms with Gasteiger partial charge in [-0.05, 0) is 154 Å². The predicted octanol–water partition coefficient (Wildman–Crippen LogP) is 8.22. The predicted molar refractivity (Wildman–Crippen MR) is 270 cm³/mol. The smallest absolute Gasteiger partial charge is 0.337 e. The molecule has 4 bridgehead atoms. The van der Waals surface area contributed by atoms with Gasteiger partial charge in [-0.3, -0.25) is 4.79 Å². The van der Waals surface area contributed by atoms with Crippen molar-refractivity contribution in [3.63, 3.8) is 0 Å². The summed E-state index contributed by atoms with van der Waals surface area (Å²) >= 11 is 0. The highest BCUT2D eigenvalue weighted by Gasteiger charge is 2.61. The lowest BCUT2D eigenvalue weighted by molar-refractivity contribution is -0.171. The molecule has 6 heterocycles. The van der Waals surface area contributed by atoms with Gasteiger partial charge in [-0.15, -0.1) is 0 Å². The van der Waals surface area contributed by atoms with E-state index in [0.29, 0.717) is 43.5 Å². The molecule has 1 spiro atoms. The van der Waals surface area contributed by atoms with Gasteiger partial charge in [0.15, 0.2) is 5.43 Å². The number of nitrogen functional groups attached to an aromatic ring is 1. The Morgan fingerprint density at radius 3 is 2.46 bits per heavy atom. The van der Waals surface area contributed by atoms with Crippen LogP contribution in [0.2, 0.25) is 0 Å². The van der Waals surface area contributed by atoms with Gasteiger partial charge in [-0.25, -0.2) is 14.8 Å². The number of nitrogens with zero attached hydrogens (tertiary/aromatic N) is 2. The number of fused-ring (bicyclic) bond motifs is 12. The summed E-state index contributed by atoms with van der Waals surface area (Å²) < 4.78 is 21.4. The molecule has 2 aromatic carbocycles. The fourth-order valence-corrected chi connectivity index (χ4v) is 15.6. The van der Waals surface area contributed by atoms with E-state index in [1.54, 1.807) is 31.3 Å². The van der Waals surface area contributed by atoms with Gasteiger partial charge in [0.25, 0.3) is 0 Å². The molecule has 0 amide bonds. The maximum absolute atomic E-state index is 15.1. The number of aliphatic hydroxyl groups excluding tert-OH is 2. The molecule has 7 aliphatic rings. The number of phenolic OH excluding ortho intramolecular Hbond substituents is 2. The molecule has 3 aliphatic heterocycles. The first kappa shape index (κ1) is 47.1. The second-order valence-corrected chi connectivity index (χ2v) is 22.6. The minimum absolute atomic E-state index is 0.0148. The monoisotopic (exact) mass is 978 g/mol. The molecule has 0 saturated heterocycles. The largest absolute Gasteiger partial charge is 0.508 e. The van der Waals surface area contributed by atoms with Crippen molar-refractivity contribution >= 4 is 28.6 Å². The molecule has 2 fully saturated rings. The first-order chi connectivity index (χ1) is 34.7. The summed E-state index contributed by atoms with van der Waals surface area (Å²) in [5, 5.41) is 62.4. The number of hydrogen-bond acceptors (Lipinski definition) is 14. The molecule has 14 nitrogen and oxygen atoms in total. The molecule has 0 radical (unpaired) electrons. The van der Waals surface area contributed by atoms with Gasteiger partial charge < -0.3 is 50.5 Å². The maximum Gasteiger partial charge on any atom is 0.337 e. The third kappa shape index (κ3) is 7.05. The molecule has 0 unspecified atom stereocenters. The second kappa shape index (κ2) is 17.3. The topological polar surface area (TPSA) is 231 Å². The molecule has 2 saturated carbocycles. The summed E-state index contributed by atoms with van der Waals surface area (Å²) in [5.74, 6) is -2.22. The molecule has 72 heavy (non-hydrogen) atoms. The fraction of sp³-hybridized carbons (Fsp3) is 0.517. The summed E-state index contributed by atoms with van der Waals surface area (Å²) in [4.78, 5) is 39.6. The van der Waals surface area contributed by atoms with E-state index in [0.717, 1.165) is 91.4 Å². The molecular weight excluding hydrogens is 913 g/mol. The molecule has 3 aromatic heterocycles. The van der Waals surface area contributed by atoms with Crippen LogP contribution in [0.3, 0.4) is 0 Å². The summed E-state index contributed by atoms with van der Waals surface area (Å²) in [6.45, 7) is 4.92. The van der Waals surface area contributed by atoms with Crippen molar-refractivity contribution in [2.24, 2.45) is 17.3 Å². The van der Waals surface area contributed by atoms with Crippen LogP contribution in [0.25, 0.3) is 11.0 Å². The third-order valence-electron chi connectivity index (χ3n) is 18.9. The Balaban J connectivity index is 1.22. The van der Waals surface area contributed by atoms with Crippen LogP contribution in [0.15, 0.2) is 63.6 Å². The average molecular weight is 979 g/mol. The number of carbonyl (C=O) groups excluding carboxylic acids is 1. The number of allylic oxidation sites excluding steroid dienone is 1. The van der Waals surface area contributed by atoms with Crippen molar-refractivity contribution in [1.82, 2.24) is 9.97 Å². The van der Waals surface area contributed by atoms with Gasteiger partial charge in [0.05, 0.1) is 17.8 Å². The Kier molecular flexibility index (Phi) is 11.3. The number of nitrogens with one attached hydrogen (secondary N) is 1. The van der Waals surface area contributed by atoms with E-state index in [-0.39, 0.29) is 63.7 Å². The van der Waals surface area contributed by atoms with Crippen molar-refractivity contribution in [3.05, 3.63) is 120 Å². The van der Waals surface area contributed by atoms with E-state index in [2.05, 4.69) is 12.2 Å². The highest BCUT2D eigenvalue weighted by atomic mass is 16.6. The number of benzene rings is 2. The summed E-state index contributed by atoms with van der Waals surface area (Å²) in [7, 11) is 0. The lowest BCUT2D eigenvalue weighted by Crippen LogP contribution is -2.60. The van der Waals surface area contributed by atoms with Crippen LogP contribution in [-0.2, 0) is 48.2 Å². The number of ether oxygens (including phenoxy) is 2. The van der Waals surface area contributed by atoms with Gasteiger partial charge in [-0.2, -0.15) is 0 Å². The zero-order valence-corrected chi connectivity index (χ0v) is 41.4. The van der Waals surface area contributed by atoms with Crippen LogP contribution in [0.4, 0.5) is 11.6 Å². The Bertz CT molecular complexity index is 3130. The zero-order valence-electron chi connectivity index (χ0n) is 41.4. The molecule has 8 N–H and O–H groups in total. The van der Waals surface area contributed by atoms with Crippen molar-refractivity contribution in [3.8, 4) is 17.2 Å². The fourth-order valence-electron chi connectivity index (χ4n) is 15.6. The average Bonchev–Trinajstić information content (AvgIpc) is 3.98. The van der Waals surface area contributed by atoms with Crippen molar-refractivity contribution in [1.29, 1.82) is 0 Å². The van der Waals surface area contributed by atoms with Crippen LogP contribution in [0, 0.1) is 17.3 Å². The van der Waals surface area contributed by atoms with E-state index in [9.17, 15) is 30.3 Å². The normalized spacial score (nSPS) is 28.7. The first-order valence-corrected chi connectivity index (χ1v) is 26.4. The van der Waals surface area contributed by atoms with E-state index >= 15 is 4.79 Å². The molecule has 4 aliphatic carbocycles. The minimum atomic E-state index is -1.39. The van der Waals surface area contributed by atoms with E-state index in [4.69, 9.17) is 29.6 Å². The first-order valence-electron chi connectivity index (χ1n) is 26.4. The van der Waals surface area contributed by atoms with Crippen LogP contribution in [0.1, 0.15) is 159 Å². The van der Waals surface area contributed by atoms with Gasteiger partial charge in [0, 0.05) is 65.4 Å². The number of rotatable bonds is 5. The number of aromatic nitrogens is 2. The number of phenols is 2. The number of carbonyl (C=O) groups is 1. The highest BCUT2D eigenvalue weighted by Crippen LogP contribution is 2.65. The van der Waals surface area contributed by atoms with Crippen molar-refractivity contribution < 1.29 is 44.2 Å². The Morgan fingerprint density at radius 1 is 0.944 bits per heavy atom. The molecule has 14 heteroatoms. The quantitative estimate of drug-likeness (QED) is 0.0650. The second-order valence-electron chi connectivity index (χ2n) is 22.6. The lowest BCUT2D eigenvalue weighted by Gasteiger charge is -2.54. The van der Waals surface area contributed by atoms with Crippen LogP contribution in [-0.4, -0.2) is 71.4 Å². The Labute approximate surface area is 418 Å². The number of aromatic hydroxyl groups is 2. The summed E-state index contributed by atoms with van der Waals surface area (Å²) in [6.07, 6.45) is 14.6. The highest BCUT2D eigenvalue weighted by molar-refractivity contribution is 5.93. The van der Waals surface area contributed by atoms with Gasteiger partial charge in [-0.1, -0.05) is 37.8 Å². The number of esters is 1. The minimum Gasteiger partial charge on any atom is -0.508 e. The molecule has 12 rings (SSSR count). The van der Waals surface area contributed by atoms with E-state index < -0.39 is 70.8 Å². The van der Waals surface area contributed by atoms with Gasteiger partial charge in [0.2, 0.25) is 0 Å². The van der Waals surface area contributed by atoms with Crippen LogP contribution < -0.4 is 21.2 Å². The molecule has 378 valence electrons. The Hall–Kier alpha value is -5.96. The van der Waals surface area contributed by atoms with E-state index in [1.165, 1.54) is 17.2 Å². The summed E-state index contributed by atoms with van der Waals surface area (Å²) in [6, 6.07) is 8.86. The third-order valence-corrected chi connectivity index (χ3v) is 18.9. The summed E-state index contributed by atoms with van der Waals surface area (Å²) in [5.41, 5.74) is 11.3. The SMILES string of the molecule is C/C=C(\C(=O)O[C@@H]1Cc2c3c(c4oc(CO)cc(=O)c4c2O)[C@H]2c4ccnc(N)c4[C@@H]([C@@H]4CCc5c(cnc6c5CC[C@H](C)N6)C[C@@H]4[C@]1(C)O3)C1(CCCC1)Cc1ccc(O)cc1[C@@H]2CO)C1(O)CCCC1. The standard InChI is InChI=1S/C58H66N4O10/c1-4-41(58(69)18-7-8-19-58)55(68)71-44-24-39-50(67)47-43(66)23-33(27-63)70-52(47)48-45-37-15-20-60-53(59)46(37)49(57(16-5-6-17-57)25-30-10-11-32(65)22-38(30)40(45)28-64)36-14-13-34-31(21-42(36)56(44,3)72-51(39)48)26-61-54-35(34)12-9-29(2)62-54/h4,10-11,15,20,22-23,26,29,36,40,42,44-45,49,63-65,67,69H,5-9,12-14,16-19,21,24-25,27-28H2,1-3H3,(H2,59,60)(H,61,62)/b41-4+/t29-,36+,40-,42-,44+,45-,49+,56-/m0/s1. The van der Waals surface area contributed by atoms with Gasteiger partial charge >= 0.3 is 5.97 Å². The molecular formula is C58H66N4O10. The number of hydrogen-bond donors (Lipinski definition) is 7. The number of nitrogens with two attached hydrogens (primary N) is 1. The lowest BCUT2D eigenvalue weighted by atomic mass is 9.55. The van der Waals surface area contributed by atoms with E-state index in [1.807, 2.05) is 25.3 Å². The van der Waals surface area contributed by atoms with Crippen molar-refractivity contribution in [2.75, 3.05) is 17.7 Å². The number of aliphatic hydroxyl groups is 3. The van der Waals surface area contributed by atoms with Crippen molar-refractivity contribution in [2.45, 2.75) is 165 Å². The van der Waals surface area contributed by atoms with Gasteiger partial charge in [0.1, 0.15) is 63.9 Å². The Morgan fingerprint density at radius 2 is 1.71 bits per heavy atom. The zero-order chi connectivity index (χ0) is 50.0.